The van der Waals surface area contributed by atoms with Crippen molar-refractivity contribution in [3.8, 4) is 18.1 Å². The van der Waals surface area contributed by atoms with Gasteiger partial charge in [-0.15, -0.1) is 6.42 Å². The maximum absolute atomic E-state index is 13.3. The van der Waals surface area contributed by atoms with E-state index in [2.05, 4.69) is 16.6 Å². The number of nitrogens with one attached hydrogen (secondary N) is 2. The number of halogens is 1. The lowest BCUT2D eigenvalue weighted by Gasteiger charge is -2.25. The van der Waals surface area contributed by atoms with Crippen LogP contribution in [0.4, 0.5) is 14.9 Å². The van der Waals surface area contributed by atoms with Crippen LogP contribution in [0, 0.1) is 24.1 Å². The van der Waals surface area contributed by atoms with E-state index in [4.69, 9.17) is 11.2 Å². The number of carbonyl (C=O) groups is 1. The van der Waals surface area contributed by atoms with Crippen molar-refractivity contribution < 1.29 is 19.0 Å². The summed E-state index contributed by atoms with van der Waals surface area (Å²) in [4.78, 5) is 12.0. The van der Waals surface area contributed by atoms with Gasteiger partial charge in [-0.05, 0) is 37.3 Å². The fourth-order valence-electron chi connectivity index (χ4n) is 2.69. The molecule has 0 spiro atoms. The van der Waals surface area contributed by atoms with Crippen LogP contribution in [0.15, 0.2) is 18.2 Å². The summed E-state index contributed by atoms with van der Waals surface area (Å²) in [6.45, 7) is 0.477. The summed E-state index contributed by atoms with van der Waals surface area (Å²) < 4.78 is 18.5. The summed E-state index contributed by atoms with van der Waals surface area (Å²) in [7, 11) is 0. The first-order valence-corrected chi connectivity index (χ1v) is 7.67. The largest absolute Gasteiger partial charge is 0.479 e. The molecule has 0 saturated heterocycles. The first-order valence-electron chi connectivity index (χ1n) is 7.67. The van der Waals surface area contributed by atoms with Crippen molar-refractivity contribution in [1.29, 1.82) is 0 Å². The number of hydrogen-bond acceptors (Lipinski definition) is 3. The molecular weight excluding hydrogens is 299 g/mol. The number of amides is 2. The molecule has 0 radical (unpaired) electrons. The molecule has 2 atom stereocenters. The molecule has 1 saturated carbocycles. The monoisotopic (exact) mass is 320 g/mol. The number of hydrogen-bond donors (Lipinski definition) is 3. The molecule has 2 unspecified atom stereocenters. The highest BCUT2D eigenvalue weighted by Crippen LogP contribution is 2.26. The Morgan fingerprint density at radius 2 is 2.30 bits per heavy atom. The molecule has 1 aliphatic rings. The average Bonchev–Trinajstić information content (AvgIpc) is 2.53. The van der Waals surface area contributed by atoms with Gasteiger partial charge in [0.1, 0.15) is 18.2 Å². The topological polar surface area (TPSA) is 70.6 Å². The van der Waals surface area contributed by atoms with Crippen molar-refractivity contribution in [3.63, 3.8) is 0 Å². The van der Waals surface area contributed by atoms with Gasteiger partial charge in [0, 0.05) is 12.6 Å². The van der Waals surface area contributed by atoms with Gasteiger partial charge in [0.25, 0.3) is 0 Å². The van der Waals surface area contributed by atoms with E-state index >= 15 is 0 Å². The fraction of sp³-hybridized carbons (Fsp3) is 0.471. The van der Waals surface area contributed by atoms with E-state index in [1.165, 1.54) is 18.2 Å². The normalized spacial score (nSPS) is 20.4. The third kappa shape index (κ3) is 5.46. The third-order valence-electron chi connectivity index (χ3n) is 3.81. The molecule has 1 aromatic rings. The van der Waals surface area contributed by atoms with Crippen LogP contribution < -0.4 is 15.4 Å². The van der Waals surface area contributed by atoms with Gasteiger partial charge >= 0.3 is 6.03 Å². The standard InChI is InChI=1S/C17H21FN2O3/c1-2-8-23-16-10-13(18)6-7-15(16)20-17(22)19-11-12-4-3-5-14(21)9-12/h1,6-7,10,12,14,21H,3-5,8-9,11H2,(H2,19,20,22). The maximum atomic E-state index is 13.3. The zero-order chi connectivity index (χ0) is 16.7. The lowest BCUT2D eigenvalue weighted by atomic mass is 9.87. The van der Waals surface area contributed by atoms with Crippen molar-refractivity contribution in [1.82, 2.24) is 5.32 Å². The van der Waals surface area contributed by atoms with Gasteiger partial charge in [-0.1, -0.05) is 12.3 Å². The van der Waals surface area contributed by atoms with Crippen LogP contribution in [0.3, 0.4) is 0 Å². The minimum absolute atomic E-state index is 0.0142. The van der Waals surface area contributed by atoms with Crippen molar-refractivity contribution in [2.24, 2.45) is 5.92 Å². The van der Waals surface area contributed by atoms with E-state index in [1.54, 1.807) is 0 Å². The van der Waals surface area contributed by atoms with Gasteiger partial charge in [-0.25, -0.2) is 9.18 Å². The minimum atomic E-state index is -0.473. The van der Waals surface area contributed by atoms with Crippen LogP contribution >= 0.6 is 0 Å². The molecule has 0 bridgehead atoms. The number of carbonyl (C=O) groups excluding carboxylic acids is 1. The van der Waals surface area contributed by atoms with E-state index in [-0.39, 0.29) is 24.4 Å². The molecule has 1 aliphatic carbocycles. The molecule has 1 fully saturated rings. The highest BCUT2D eigenvalue weighted by Gasteiger charge is 2.20. The second-order valence-electron chi connectivity index (χ2n) is 5.65. The number of benzene rings is 1. The first kappa shape index (κ1) is 17.1. The summed E-state index contributed by atoms with van der Waals surface area (Å²) >= 11 is 0. The zero-order valence-electron chi connectivity index (χ0n) is 12.8. The predicted octanol–water partition coefficient (Wildman–Crippen LogP) is 2.51. The van der Waals surface area contributed by atoms with E-state index in [0.717, 1.165) is 19.3 Å². The summed E-state index contributed by atoms with van der Waals surface area (Å²) in [5, 5.41) is 15.0. The number of terminal acetylenes is 1. The second kappa shape index (κ2) is 8.39. The first-order chi connectivity index (χ1) is 11.1. The second-order valence-corrected chi connectivity index (χ2v) is 5.65. The Morgan fingerprint density at radius 1 is 1.48 bits per heavy atom. The van der Waals surface area contributed by atoms with Crippen LogP contribution in [0.1, 0.15) is 25.7 Å². The number of rotatable bonds is 5. The predicted molar refractivity (Wildman–Crippen MR) is 85.7 cm³/mol. The Morgan fingerprint density at radius 3 is 3.04 bits per heavy atom. The van der Waals surface area contributed by atoms with Crippen molar-refractivity contribution in [3.05, 3.63) is 24.0 Å². The van der Waals surface area contributed by atoms with Crippen LogP contribution in [0.5, 0.6) is 5.75 Å². The molecule has 2 amide bonds. The smallest absolute Gasteiger partial charge is 0.319 e. The van der Waals surface area contributed by atoms with Crippen molar-refractivity contribution in [2.75, 3.05) is 18.5 Å². The number of ether oxygens (including phenoxy) is 1. The fourth-order valence-corrected chi connectivity index (χ4v) is 2.69. The van der Waals surface area contributed by atoms with Gasteiger partial charge in [-0.2, -0.15) is 0 Å². The van der Waals surface area contributed by atoms with Gasteiger partial charge in [0.2, 0.25) is 0 Å². The highest BCUT2D eigenvalue weighted by molar-refractivity contribution is 5.90. The molecule has 0 aliphatic heterocycles. The molecule has 2 rings (SSSR count). The Kier molecular flexibility index (Phi) is 6.24. The Labute approximate surface area is 135 Å². The Balaban J connectivity index is 1.88. The van der Waals surface area contributed by atoms with Gasteiger partial charge in [0.05, 0.1) is 11.8 Å². The molecular formula is C17H21FN2O3. The van der Waals surface area contributed by atoms with E-state index in [9.17, 15) is 14.3 Å². The van der Waals surface area contributed by atoms with E-state index < -0.39 is 11.8 Å². The quantitative estimate of drug-likeness (QED) is 0.730. The van der Waals surface area contributed by atoms with Crippen LogP contribution in [-0.2, 0) is 0 Å². The van der Waals surface area contributed by atoms with E-state index in [0.29, 0.717) is 18.7 Å². The number of aliphatic hydroxyl groups excluding tert-OH is 1. The summed E-state index contributed by atoms with van der Waals surface area (Å²) in [5.74, 6) is 2.28. The molecule has 5 nitrogen and oxygen atoms in total. The van der Waals surface area contributed by atoms with Crippen molar-refractivity contribution in [2.45, 2.75) is 31.8 Å². The molecule has 0 aromatic heterocycles. The zero-order valence-corrected chi connectivity index (χ0v) is 12.8. The molecule has 6 heteroatoms. The molecule has 0 heterocycles. The average molecular weight is 320 g/mol. The van der Waals surface area contributed by atoms with E-state index in [1.807, 2.05) is 0 Å². The highest BCUT2D eigenvalue weighted by atomic mass is 19.1. The van der Waals surface area contributed by atoms with Gasteiger partial charge in [-0.3, -0.25) is 0 Å². The number of aliphatic hydroxyl groups is 1. The molecule has 3 N–H and O–H groups in total. The lowest BCUT2D eigenvalue weighted by Crippen LogP contribution is -2.35. The van der Waals surface area contributed by atoms with Gasteiger partial charge < -0.3 is 20.5 Å². The maximum Gasteiger partial charge on any atom is 0.319 e. The SMILES string of the molecule is C#CCOc1cc(F)ccc1NC(=O)NCC1CCCC(O)C1. The van der Waals surface area contributed by atoms with Crippen LogP contribution in [0.2, 0.25) is 0 Å². The number of anilines is 1. The number of urea groups is 1. The lowest BCUT2D eigenvalue weighted by molar-refractivity contribution is 0.101. The minimum Gasteiger partial charge on any atom is -0.479 e. The molecule has 23 heavy (non-hydrogen) atoms. The van der Waals surface area contributed by atoms with Crippen LogP contribution in [0.25, 0.3) is 0 Å². The summed E-state index contributed by atoms with van der Waals surface area (Å²) in [6.07, 6.45) is 8.33. The summed E-state index contributed by atoms with van der Waals surface area (Å²) in [5.41, 5.74) is 0.350. The van der Waals surface area contributed by atoms with Crippen molar-refractivity contribution >= 4 is 11.7 Å². The van der Waals surface area contributed by atoms with Crippen LogP contribution in [-0.4, -0.2) is 30.4 Å². The summed E-state index contributed by atoms with van der Waals surface area (Å²) in [6, 6.07) is 3.42. The Hall–Kier alpha value is -2.26. The molecule has 1 aromatic carbocycles. The third-order valence-corrected chi connectivity index (χ3v) is 3.81. The Bertz CT molecular complexity index is 586. The molecule has 124 valence electrons. The van der Waals surface area contributed by atoms with Gasteiger partial charge in [0.15, 0.2) is 0 Å².